The van der Waals surface area contributed by atoms with Crippen molar-refractivity contribution in [2.75, 3.05) is 32.8 Å². The Hall–Kier alpha value is -1.18. The Labute approximate surface area is 114 Å². The Morgan fingerprint density at radius 1 is 1.25 bits per heavy atom. The zero-order valence-corrected chi connectivity index (χ0v) is 10.8. The van der Waals surface area contributed by atoms with E-state index in [1.54, 1.807) is 0 Å². The molecule has 20 heavy (non-hydrogen) atoms. The lowest BCUT2D eigenvalue weighted by Crippen LogP contribution is -2.46. The van der Waals surface area contributed by atoms with E-state index in [1.165, 1.54) is 6.07 Å². The molecular formula is C13H16F4N2O. The SMILES string of the molecule is OC[C@H](c1ccc(C(F)(F)F)c(F)c1)N1CCNCC1. The van der Waals surface area contributed by atoms with Gasteiger partial charge in [0.15, 0.2) is 0 Å². The van der Waals surface area contributed by atoms with Crippen LogP contribution in [0.25, 0.3) is 0 Å². The van der Waals surface area contributed by atoms with Gasteiger partial charge in [0.05, 0.1) is 18.2 Å². The number of hydrogen-bond acceptors (Lipinski definition) is 3. The van der Waals surface area contributed by atoms with Gasteiger partial charge in [-0.1, -0.05) is 6.07 Å². The van der Waals surface area contributed by atoms with E-state index in [0.29, 0.717) is 18.7 Å². The Kier molecular flexibility index (Phi) is 4.62. The highest BCUT2D eigenvalue weighted by Gasteiger charge is 2.34. The smallest absolute Gasteiger partial charge is 0.394 e. The number of halogens is 4. The molecule has 1 aliphatic heterocycles. The molecule has 7 heteroatoms. The van der Waals surface area contributed by atoms with Gasteiger partial charge in [0.1, 0.15) is 5.82 Å². The molecule has 0 amide bonds. The summed E-state index contributed by atoms with van der Waals surface area (Å²) in [5, 5.41) is 12.6. The summed E-state index contributed by atoms with van der Waals surface area (Å²) in [4.78, 5) is 1.93. The van der Waals surface area contributed by atoms with E-state index in [9.17, 15) is 22.7 Å². The van der Waals surface area contributed by atoms with E-state index in [2.05, 4.69) is 5.32 Å². The minimum absolute atomic E-state index is 0.259. The second-order valence-corrected chi connectivity index (χ2v) is 4.72. The zero-order valence-electron chi connectivity index (χ0n) is 10.8. The first-order valence-corrected chi connectivity index (χ1v) is 6.35. The number of benzene rings is 1. The second-order valence-electron chi connectivity index (χ2n) is 4.72. The molecule has 1 fully saturated rings. The van der Waals surface area contributed by atoms with E-state index in [0.717, 1.165) is 25.2 Å². The normalized spacial score (nSPS) is 19.1. The molecule has 1 aromatic rings. The Balaban J connectivity index is 2.24. The van der Waals surface area contributed by atoms with Gasteiger partial charge in [-0.25, -0.2) is 4.39 Å². The molecule has 1 heterocycles. The van der Waals surface area contributed by atoms with Crippen LogP contribution in [0.4, 0.5) is 17.6 Å². The summed E-state index contributed by atoms with van der Waals surface area (Å²) in [6.45, 7) is 2.53. The predicted octanol–water partition coefficient (Wildman–Crippen LogP) is 1.78. The molecule has 0 radical (unpaired) electrons. The highest BCUT2D eigenvalue weighted by Crippen LogP contribution is 2.33. The number of aliphatic hydroxyl groups is 1. The lowest BCUT2D eigenvalue weighted by atomic mass is 10.0. The Morgan fingerprint density at radius 2 is 1.90 bits per heavy atom. The molecule has 0 saturated carbocycles. The van der Waals surface area contributed by atoms with Crippen molar-refractivity contribution >= 4 is 0 Å². The van der Waals surface area contributed by atoms with Crippen molar-refractivity contribution in [2.45, 2.75) is 12.2 Å². The monoisotopic (exact) mass is 292 g/mol. The molecule has 1 aliphatic rings. The van der Waals surface area contributed by atoms with Gasteiger partial charge < -0.3 is 10.4 Å². The van der Waals surface area contributed by atoms with Crippen LogP contribution in [0.1, 0.15) is 17.2 Å². The summed E-state index contributed by atoms with van der Waals surface area (Å²) >= 11 is 0. The number of rotatable bonds is 3. The van der Waals surface area contributed by atoms with Crippen LogP contribution in [0.15, 0.2) is 18.2 Å². The van der Waals surface area contributed by atoms with Crippen molar-refractivity contribution in [3.63, 3.8) is 0 Å². The van der Waals surface area contributed by atoms with E-state index in [4.69, 9.17) is 0 Å². The first-order chi connectivity index (χ1) is 9.43. The van der Waals surface area contributed by atoms with Crippen LogP contribution in [-0.4, -0.2) is 42.8 Å². The average molecular weight is 292 g/mol. The Bertz CT molecular complexity index is 458. The van der Waals surface area contributed by atoms with Crippen molar-refractivity contribution in [3.8, 4) is 0 Å². The molecule has 2 N–H and O–H groups in total. The van der Waals surface area contributed by atoms with Crippen LogP contribution in [0.2, 0.25) is 0 Å². The molecule has 0 spiro atoms. The maximum atomic E-state index is 13.6. The van der Waals surface area contributed by atoms with Gasteiger partial charge in [0.25, 0.3) is 0 Å². The fourth-order valence-corrected chi connectivity index (χ4v) is 2.39. The van der Waals surface area contributed by atoms with Gasteiger partial charge in [-0.3, -0.25) is 4.90 Å². The number of aliphatic hydroxyl groups excluding tert-OH is 1. The fraction of sp³-hybridized carbons (Fsp3) is 0.538. The van der Waals surface area contributed by atoms with Gasteiger partial charge in [-0.15, -0.1) is 0 Å². The summed E-state index contributed by atoms with van der Waals surface area (Å²) in [6, 6.07) is 2.35. The molecule has 0 aromatic heterocycles. The summed E-state index contributed by atoms with van der Waals surface area (Å²) in [7, 11) is 0. The highest BCUT2D eigenvalue weighted by atomic mass is 19.4. The number of alkyl halides is 3. The average Bonchev–Trinajstić information content (AvgIpc) is 2.39. The summed E-state index contributed by atoms with van der Waals surface area (Å²) in [5.74, 6) is -1.30. The molecule has 1 atom stereocenters. The van der Waals surface area contributed by atoms with E-state index in [-0.39, 0.29) is 6.61 Å². The molecule has 0 bridgehead atoms. The summed E-state index contributed by atoms with van der Waals surface area (Å²) in [5.41, 5.74) is -0.918. The molecule has 3 nitrogen and oxygen atoms in total. The third-order valence-electron chi connectivity index (χ3n) is 3.45. The maximum absolute atomic E-state index is 13.6. The number of hydrogen-bond donors (Lipinski definition) is 2. The van der Waals surface area contributed by atoms with Crippen LogP contribution in [0.5, 0.6) is 0 Å². The summed E-state index contributed by atoms with van der Waals surface area (Å²) in [6.07, 6.45) is -4.70. The van der Waals surface area contributed by atoms with Crippen LogP contribution in [0.3, 0.4) is 0 Å². The number of nitrogens with one attached hydrogen (secondary N) is 1. The fourth-order valence-electron chi connectivity index (χ4n) is 2.39. The quantitative estimate of drug-likeness (QED) is 0.834. The van der Waals surface area contributed by atoms with Crippen molar-refractivity contribution in [1.82, 2.24) is 10.2 Å². The lowest BCUT2D eigenvalue weighted by Gasteiger charge is -2.34. The molecular weight excluding hydrogens is 276 g/mol. The van der Waals surface area contributed by atoms with Crippen molar-refractivity contribution < 1.29 is 22.7 Å². The number of nitrogens with zero attached hydrogens (tertiary/aromatic N) is 1. The van der Waals surface area contributed by atoms with Gasteiger partial charge in [-0.05, 0) is 17.7 Å². The predicted molar refractivity (Wildman–Crippen MR) is 65.7 cm³/mol. The molecule has 112 valence electrons. The van der Waals surface area contributed by atoms with E-state index >= 15 is 0 Å². The molecule has 0 unspecified atom stereocenters. The van der Waals surface area contributed by atoms with Crippen molar-refractivity contribution in [1.29, 1.82) is 0 Å². The molecule has 2 rings (SSSR count). The van der Waals surface area contributed by atoms with Crippen LogP contribution >= 0.6 is 0 Å². The highest BCUT2D eigenvalue weighted by molar-refractivity contribution is 5.28. The van der Waals surface area contributed by atoms with Crippen LogP contribution in [-0.2, 0) is 6.18 Å². The van der Waals surface area contributed by atoms with Gasteiger partial charge in [-0.2, -0.15) is 13.2 Å². The van der Waals surface area contributed by atoms with Crippen molar-refractivity contribution in [3.05, 3.63) is 35.1 Å². The zero-order chi connectivity index (χ0) is 14.8. The third kappa shape index (κ3) is 3.28. The van der Waals surface area contributed by atoms with E-state index < -0.39 is 23.6 Å². The van der Waals surface area contributed by atoms with Gasteiger partial charge in [0.2, 0.25) is 0 Å². The standard InChI is InChI=1S/C13H16F4N2O/c14-11-7-9(1-2-10(11)13(15,16)17)12(8-20)19-5-3-18-4-6-19/h1-2,7,12,18,20H,3-6,8H2/t12-/m1/s1. The largest absolute Gasteiger partial charge is 0.419 e. The van der Waals surface area contributed by atoms with E-state index in [1.807, 2.05) is 4.90 Å². The minimum atomic E-state index is -4.70. The maximum Gasteiger partial charge on any atom is 0.419 e. The summed E-state index contributed by atoms with van der Waals surface area (Å²) < 4.78 is 51.1. The number of piperazine rings is 1. The Morgan fingerprint density at radius 3 is 2.40 bits per heavy atom. The first-order valence-electron chi connectivity index (χ1n) is 6.35. The molecule has 0 aliphatic carbocycles. The molecule has 1 aromatic carbocycles. The molecule has 1 saturated heterocycles. The van der Waals surface area contributed by atoms with Crippen LogP contribution < -0.4 is 5.32 Å². The second kappa shape index (κ2) is 6.07. The topological polar surface area (TPSA) is 35.5 Å². The lowest BCUT2D eigenvalue weighted by molar-refractivity contribution is -0.140. The van der Waals surface area contributed by atoms with Gasteiger partial charge >= 0.3 is 6.18 Å². The first kappa shape index (κ1) is 15.2. The van der Waals surface area contributed by atoms with Gasteiger partial charge in [0, 0.05) is 26.2 Å². The van der Waals surface area contributed by atoms with Crippen LogP contribution in [0, 0.1) is 5.82 Å². The third-order valence-corrected chi connectivity index (χ3v) is 3.45. The van der Waals surface area contributed by atoms with Crippen molar-refractivity contribution in [2.24, 2.45) is 0 Å². The minimum Gasteiger partial charge on any atom is -0.394 e.